The highest BCUT2D eigenvalue weighted by atomic mass is 16.6. The summed E-state index contributed by atoms with van der Waals surface area (Å²) in [6, 6.07) is 2.09. The molecular weight excluding hydrogens is 290 g/mol. The lowest BCUT2D eigenvalue weighted by Gasteiger charge is -2.39. The van der Waals surface area contributed by atoms with E-state index in [1.54, 1.807) is 0 Å². The Kier molecular flexibility index (Phi) is 6.39. The lowest BCUT2D eigenvalue weighted by atomic mass is 9.80. The summed E-state index contributed by atoms with van der Waals surface area (Å²) in [6.07, 6.45) is 6.67. The van der Waals surface area contributed by atoms with E-state index < -0.39 is 0 Å². The number of nitrogens with one attached hydrogen (secondary N) is 1. The molecule has 1 aliphatic rings. The molecule has 1 fully saturated rings. The number of hydrogen-bond donors (Lipinski definition) is 1. The molecule has 1 aromatic heterocycles. The Bertz CT molecular complexity index is 511. The van der Waals surface area contributed by atoms with Crippen molar-refractivity contribution < 1.29 is 9.53 Å². The molecule has 1 amide bonds. The Morgan fingerprint density at radius 3 is 2.83 bits per heavy atom. The largest absolute Gasteiger partial charge is 0.450 e. The van der Waals surface area contributed by atoms with Gasteiger partial charge in [0, 0.05) is 32.0 Å². The number of pyridine rings is 1. The van der Waals surface area contributed by atoms with Gasteiger partial charge in [0.2, 0.25) is 0 Å². The minimum atomic E-state index is -0.171. The second kappa shape index (κ2) is 8.29. The smallest absolute Gasteiger partial charge is 0.409 e. The number of nitrogens with zero attached hydrogens (tertiary/aromatic N) is 2. The number of likely N-dealkylation sites (tertiary alicyclic amines) is 1. The van der Waals surface area contributed by atoms with E-state index in [1.165, 1.54) is 11.1 Å². The number of hydrogen-bond acceptors (Lipinski definition) is 4. The molecule has 1 aliphatic heterocycles. The number of carbonyl (C=O) groups excluding carboxylic acids is 1. The van der Waals surface area contributed by atoms with Crippen LogP contribution in [0.25, 0.3) is 0 Å². The Morgan fingerprint density at radius 2 is 2.17 bits per heavy atom. The zero-order valence-electron chi connectivity index (χ0n) is 14.6. The summed E-state index contributed by atoms with van der Waals surface area (Å²) in [5.74, 6) is 0. The van der Waals surface area contributed by atoms with Gasteiger partial charge >= 0.3 is 6.09 Å². The first-order valence-electron chi connectivity index (χ1n) is 8.56. The van der Waals surface area contributed by atoms with Crippen molar-refractivity contribution >= 4 is 6.09 Å². The second-order valence-corrected chi connectivity index (χ2v) is 6.73. The lowest BCUT2D eigenvalue weighted by Crippen LogP contribution is -2.46. The van der Waals surface area contributed by atoms with E-state index in [0.717, 1.165) is 45.4 Å². The maximum absolute atomic E-state index is 11.7. The summed E-state index contributed by atoms with van der Waals surface area (Å²) in [5, 5.41) is 3.59. The van der Waals surface area contributed by atoms with Crippen LogP contribution in [0.15, 0.2) is 18.5 Å². The quantitative estimate of drug-likeness (QED) is 0.819. The van der Waals surface area contributed by atoms with Gasteiger partial charge in [-0.25, -0.2) is 4.79 Å². The van der Waals surface area contributed by atoms with Gasteiger partial charge in [-0.1, -0.05) is 6.92 Å². The normalized spacial score (nSPS) is 17.1. The molecule has 0 unspecified atom stereocenters. The fourth-order valence-electron chi connectivity index (χ4n) is 3.02. The van der Waals surface area contributed by atoms with Crippen LogP contribution in [0.4, 0.5) is 4.79 Å². The third-order valence-electron chi connectivity index (χ3n) is 4.76. The zero-order valence-corrected chi connectivity index (χ0v) is 14.6. The zero-order chi connectivity index (χ0) is 16.7. The van der Waals surface area contributed by atoms with E-state index in [2.05, 4.69) is 30.2 Å². The van der Waals surface area contributed by atoms with Gasteiger partial charge < -0.3 is 15.0 Å². The summed E-state index contributed by atoms with van der Waals surface area (Å²) in [5.41, 5.74) is 2.87. The summed E-state index contributed by atoms with van der Waals surface area (Å²) >= 11 is 0. The molecule has 0 aliphatic carbocycles. The Morgan fingerprint density at radius 1 is 1.43 bits per heavy atom. The molecule has 23 heavy (non-hydrogen) atoms. The average Bonchev–Trinajstić information content (AvgIpc) is 2.54. The highest BCUT2D eigenvalue weighted by molar-refractivity contribution is 5.67. The molecule has 5 nitrogen and oxygen atoms in total. The Hall–Kier alpha value is -1.62. The molecule has 1 N–H and O–H groups in total. The van der Waals surface area contributed by atoms with Gasteiger partial charge in [0.05, 0.1) is 6.61 Å². The van der Waals surface area contributed by atoms with Crippen molar-refractivity contribution in [1.29, 1.82) is 0 Å². The monoisotopic (exact) mass is 319 g/mol. The van der Waals surface area contributed by atoms with Crippen LogP contribution in [-0.4, -0.2) is 48.8 Å². The first-order valence-corrected chi connectivity index (χ1v) is 8.56. The van der Waals surface area contributed by atoms with Crippen LogP contribution in [-0.2, 0) is 11.2 Å². The van der Waals surface area contributed by atoms with Crippen LogP contribution in [0.5, 0.6) is 0 Å². The molecule has 1 aromatic rings. The average molecular weight is 319 g/mol. The van der Waals surface area contributed by atoms with E-state index in [4.69, 9.17) is 4.74 Å². The Labute approximate surface area is 139 Å². The highest BCUT2D eigenvalue weighted by Gasteiger charge is 2.31. The molecule has 5 heteroatoms. The fraction of sp³-hybridized carbons (Fsp3) is 0.667. The summed E-state index contributed by atoms with van der Waals surface area (Å²) in [4.78, 5) is 17.7. The predicted octanol–water partition coefficient (Wildman–Crippen LogP) is 2.78. The van der Waals surface area contributed by atoms with E-state index in [-0.39, 0.29) is 11.5 Å². The summed E-state index contributed by atoms with van der Waals surface area (Å²) in [7, 11) is 0. The molecule has 128 valence electrons. The minimum Gasteiger partial charge on any atom is -0.450 e. The van der Waals surface area contributed by atoms with Gasteiger partial charge in [-0.2, -0.15) is 0 Å². The van der Waals surface area contributed by atoms with Crippen molar-refractivity contribution in [3.05, 3.63) is 29.6 Å². The molecule has 0 bridgehead atoms. The van der Waals surface area contributed by atoms with Crippen molar-refractivity contribution in [3.63, 3.8) is 0 Å². The van der Waals surface area contributed by atoms with Crippen LogP contribution in [0.3, 0.4) is 0 Å². The molecule has 0 spiro atoms. The second-order valence-electron chi connectivity index (χ2n) is 6.73. The minimum absolute atomic E-state index is 0.171. The maximum Gasteiger partial charge on any atom is 0.409 e. The number of piperidine rings is 1. The first-order chi connectivity index (χ1) is 11.0. The maximum atomic E-state index is 11.7. The van der Waals surface area contributed by atoms with E-state index in [1.807, 2.05) is 24.2 Å². The van der Waals surface area contributed by atoms with Crippen molar-refractivity contribution in [2.75, 3.05) is 32.8 Å². The fourth-order valence-corrected chi connectivity index (χ4v) is 3.02. The van der Waals surface area contributed by atoms with Gasteiger partial charge in [-0.15, -0.1) is 0 Å². The lowest BCUT2D eigenvalue weighted by molar-refractivity contribution is 0.0735. The molecule has 0 aromatic carbocycles. The first kappa shape index (κ1) is 17.7. The number of amides is 1. The van der Waals surface area contributed by atoms with E-state index >= 15 is 0 Å². The van der Waals surface area contributed by atoms with Crippen LogP contribution in [0, 0.1) is 12.3 Å². The number of ether oxygens (including phenoxy) is 1. The molecule has 0 atom stereocenters. The van der Waals surface area contributed by atoms with Gasteiger partial charge in [0.15, 0.2) is 0 Å². The van der Waals surface area contributed by atoms with Gasteiger partial charge in [0.25, 0.3) is 0 Å². The van der Waals surface area contributed by atoms with Gasteiger partial charge in [0.1, 0.15) is 0 Å². The molecule has 1 saturated heterocycles. The van der Waals surface area contributed by atoms with Crippen molar-refractivity contribution in [3.8, 4) is 0 Å². The number of rotatable bonds is 6. The van der Waals surface area contributed by atoms with Crippen LogP contribution >= 0.6 is 0 Å². The van der Waals surface area contributed by atoms with E-state index in [0.29, 0.717) is 6.61 Å². The van der Waals surface area contributed by atoms with Crippen molar-refractivity contribution in [2.45, 2.75) is 40.0 Å². The molecule has 2 heterocycles. The predicted molar refractivity (Wildman–Crippen MR) is 91.5 cm³/mol. The Balaban J connectivity index is 1.70. The third-order valence-corrected chi connectivity index (χ3v) is 4.76. The molecule has 2 rings (SSSR count). The number of aromatic nitrogens is 1. The molecule has 0 saturated carbocycles. The number of carbonyl (C=O) groups is 1. The summed E-state index contributed by atoms with van der Waals surface area (Å²) < 4.78 is 5.07. The van der Waals surface area contributed by atoms with Crippen LogP contribution in [0.1, 0.15) is 37.8 Å². The molecule has 0 radical (unpaired) electrons. The standard InChI is InChI=1S/C18H29N3O2/c1-4-23-17(22)21-11-7-18(3,8-12-21)14-20-10-6-16-5-9-19-13-15(16)2/h5,9,13,20H,4,6-8,10-12,14H2,1-3H3. The summed E-state index contributed by atoms with van der Waals surface area (Å²) in [6.45, 7) is 10.3. The number of aryl methyl sites for hydroxylation is 1. The topological polar surface area (TPSA) is 54.5 Å². The SMILES string of the molecule is CCOC(=O)N1CCC(C)(CNCCc2ccncc2C)CC1. The van der Waals surface area contributed by atoms with Crippen molar-refractivity contribution in [2.24, 2.45) is 5.41 Å². The molecular formula is C18H29N3O2. The van der Waals surface area contributed by atoms with Crippen LogP contribution < -0.4 is 5.32 Å². The van der Waals surface area contributed by atoms with Crippen LogP contribution in [0.2, 0.25) is 0 Å². The van der Waals surface area contributed by atoms with E-state index in [9.17, 15) is 4.79 Å². The van der Waals surface area contributed by atoms with Crippen molar-refractivity contribution in [1.82, 2.24) is 15.2 Å². The highest BCUT2D eigenvalue weighted by Crippen LogP contribution is 2.30. The van der Waals surface area contributed by atoms with Gasteiger partial charge in [-0.05, 0) is 62.3 Å². The third kappa shape index (κ3) is 5.20. The van der Waals surface area contributed by atoms with Gasteiger partial charge in [-0.3, -0.25) is 4.98 Å².